The molecule has 10 heteroatoms. The lowest BCUT2D eigenvalue weighted by Crippen LogP contribution is -2.35. The molecule has 0 radical (unpaired) electrons. The van der Waals surface area contributed by atoms with Crippen LogP contribution in [-0.2, 0) is 37.3 Å². The first-order chi connectivity index (χ1) is 11.6. The van der Waals surface area contributed by atoms with Gasteiger partial charge in [0.1, 0.15) is 5.01 Å². The monoisotopic (exact) mass is 379 g/mol. The Balaban J connectivity index is 1.69. The van der Waals surface area contributed by atoms with Crippen LogP contribution in [0.15, 0.2) is 5.38 Å². The summed E-state index contributed by atoms with van der Waals surface area (Å²) >= 11 is 1.47. The molecule has 0 aromatic carbocycles. The van der Waals surface area contributed by atoms with Gasteiger partial charge >= 0.3 is 0 Å². The van der Waals surface area contributed by atoms with Gasteiger partial charge in [-0.05, 0) is 0 Å². The van der Waals surface area contributed by atoms with Gasteiger partial charge in [-0.1, -0.05) is 0 Å². The van der Waals surface area contributed by atoms with Crippen molar-refractivity contribution >= 4 is 21.4 Å². The molecule has 1 N–H and O–H groups in total. The van der Waals surface area contributed by atoms with E-state index in [9.17, 15) is 8.42 Å². The summed E-state index contributed by atoms with van der Waals surface area (Å²) < 4.78 is 41.7. The third-order valence-electron chi connectivity index (χ3n) is 3.46. The van der Waals surface area contributed by atoms with Crippen LogP contribution in [0.1, 0.15) is 10.7 Å². The minimum atomic E-state index is -3.36. The number of aromatic nitrogens is 1. The van der Waals surface area contributed by atoms with Crippen LogP contribution in [0.4, 0.5) is 0 Å². The van der Waals surface area contributed by atoms with E-state index in [1.54, 1.807) is 7.11 Å². The van der Waals surface area contributed by atoms with Gasteiger partial charge in [0.15, 0.2) is 0 Å². The smallest absolute Gasteiger partial charge is 0.214 e. The molecule has 1 aromatic rings. The molecule has 1 aromatic heterocycles. The van der Waals surface area contributed by atoms with E-state index in [1.807, 2.05) is 5.38 Å². The summed E-state index contributed by atoms with van der Waals surface area (Å²) in [6.07, 6.45) is 0. The molecule has 0 unspecified atom stereocenters. The topological polar surface area (TPSA) is 90.0 Å². The predicted molar refractivity (Wildman–Crippen MR) is 91.5 cm³/mol. The highest BCUT2D eigenvalue weighted by molar-refractivity contribution is 7.89. The van der Waals surface area contributed by atoms with Crippen molar-refractivity contribution in [2.24, 2.45) is 0 Å². The second kappa shape index (κ2) is 10.4. The molecule has 8 nitrogen and oxygen atoms in total. The molecule has 0 aliphatic carbocycles. The zero-order valence-electron chi connectivity index (χ0n) is 13.9. The van der Waals surface area contributed by atoms with Crippen LogP contribution in [-0.4, -0.2) is 77.3 Å². The first kappa shape index (κ1) is 19.7. The van der Waals surface area contributed by atoms with Gasteiger partial charge in [-0.25, -0.2) is 18.1 Å². The van der Waals surface area contributed by atoms with Crippen molar-refractivity contribution in [1.29, 1.82) is 0 Å². The molecule has 0 spiro atoms. The van der Waals surface area contributed by atoms with E-state index in [0.29, 0.717) is 13.2 Å². The van der Waals surface area contributed by atoms with E-state index in [1.165, 1.54) is 11.3 Å². The molecule has 1 saturated heterocycles. The largest absolute Gasteiger partial charge is 0.382 e. The molecule has 0 bridgehead atoms. The summed E-state index contributed by atoms with van der Waals surface area (Å²) in [6.45, 7) is 5.31. The highest BCUT2D eigenvalue weighted by Crippen LogP contribution is 2.13. The quantitative estimate of drug-likeness (QED) is 0.544. The molecule has 1 aliphatic rings. The Morgan fingerprint density at radius 2 is 2.12 bits per heavy atom. The predicted octanol–water partition coefficient (Wildman–Crippen LogP) is 0.0577. The highest BCUT2D eigenvalue weighted by atomic mass is 32.2. The number of ether oxygens (including phenoxy) is 3. The van der Waals surface area contributed by atoms with Crippen molar-refractivity contribution in [1.82, 2.24) is 14.6 Å². The Bertz CT molecular complexity index is 573. The van der Waals surface area contributed by atoms with Gasteiger partial charge in [-0.2, -0.15) is 0 Å². The van der Waals surface area contributed by atoms with Crippen LogP contribution in [0, 0.1) is 0 Å². The number of hydrogen-bond donors (Lipinski definition) is 1. The number of hydrogen-bond acceptors (Lipinski definition) is 8. The highest BCUT2D eigenvalue weighted by Gasteiger charge is 2.14. The van der Waals surface area contributed by atoms with Crippen LogP contribution >= 0.6 is 11.3 Å². The lowest BCUT2D eigenvalue weighted by Gasteiger charge is -2.25. The summed E-state index contributed by atoms with van der Waals surface area (Å²) in [4.78, 5) is 6.77. The van der Waals surface area contributed by atoms with E-state index in [2.05, 4.69) is 14.6 Å². The average molecular weight is 380 g/mol. The number of nitrogens with one attached hydrogen (secondary N) is 1. The maximum Gasteiger partial charge on any atom is 0.214 e. The van der Waals surface area contributed by atoms with E-state index in [0.717, 1.165) is 43.5 Å². The summed E-state index contributed by atoms with van der Waals surface area (Å²) in [5, 5.41) is 2.74. The van der Waals surface area contributed by atoms with Crippen molar-refractivity contribution in [3.8, 4) is 0 Å². The molecule has 0 atom stereocenters. The van der Waals surface area contributed by atoms with E-state index < -0.39 is 10.0 Å². The number of morpholine rings is 1. The Kier molecular flexibility index (Phi) is 8.53. The lowest BCUT2D eigenvalue weighted by molar-refractivity contribution is 0.0337. The first-order valence-electron chi connectivity index (χ1n) is 7.86. The van der Waals surface area contributed by atoms with Gasteiger partial charge < -0.3 is 14.2 Å². The fourth-order valence-corrected chi connectivity index (χ4v) is 3.80. The standard InChI is InChI=1S/C14H25N3O5S2/c1-20-6-7-22-8-9-24(18,19)15-10-14-16-13(12-23-14)11-17-2-4-21-5-3-17/h12,15H,2-11H2,1H3. The van der Waals surface area contributed by atoms with Crippen LogP contribution < -0.4 is 4.72 Å². The normalized spacial score (nSPS) is 16.5. The summed E-state index contributed by atoms with van der Waals surface area (Å²) in [6, 6.07) is 0. The first-order valence-corrected chi connectivity index (χ1v) is 10.4. The molecule has 24 heavy (non-hydrogen) atoms. The third-order valence-corrected chi connectivity index (χ3v) is 5.65. The van der Waals surface area contributed by atoms with Gasteiger partial charge in [0.2, 0.25) is 10.0 Å². The van der Waals surface area contributed by atoms with Gasteiger partial charge in [-0.15, -0.1) is 11.3 Å². The number of nitrogens with zero attached hydrogens (tertiary/aromatic N) is 2. The van der Waals surface area contributed by atoms with E-state index in [-0.39, 0.29) is 18.9 Å². The van der Waals surface area contributed by atoms with Gasteiger partial charge in [0.25, 0.3) is 0 Å². The van der Waals surface area contributed by atoms with Gasteiger partial charge in [-0.3, -0.25) is 4.90 Å². The van der Waals surface area contributed by atoms with E-state index >= 15 is 0 Å². The Morgan fingerprint density at radius 1 is 1.33 bits per heavy atom. The fraction of sp³-hybridized carbons (Fsp3) is 0.786. The Morgan fingerprint density at radius 3 is 2.88 bits per heavy atom. The molecule has 138 valence electrons. The molecule has 2 heterocycles. The lowest BCUT2D eigenvalue weighted by atomic mass is 10.3. The van der Waals surface area contributed by atoms with Crippen molar-refractivity contribution in [3.63, 3.8) is 0 Å². The Hall–Kier alpha value is -0.620. The Labute approximate surface area is 147 Å². The third kappa shape index (κ3) is 7.51. The maximum absolute atomic E-state index is 11.9. The fourth-order valence-electron chi connectivity index (χ4n) is 2.15. The van der Waals surface area contributed by atoms with Crippen molar-refractivity contribution in [2.75, 3.05) is 59.0 Å². The number of rotatable bonds is 11. The minimum absolute atomic E-state index is 0.0667. The molecule has 2 rings (SSSR count). The number of methoxy groups -OCH3 is 1. The molecular weight excluding hydrogens is 354 g/mol. The number of thiazole rings is 1. The van der Waals surface area contributed by atoms with Gasteiger partial charge in [0.05, 0.1) is 51.0 Å². The van der Waals surface area contributed by atoms with Crippen molar-refractivity contribution < 1.29 is 22.6 Å². The SMILES string of the molecule is COCCOCCS(=O)(=O)NCc1nc(CN2CCOCC2)cs1. The van der Waals surface area contributed by atoms with Crippen molar-refractivity contribution in [2.45, 2.75) is 13.1 Å². The average Bonchev–Trinajstić information content (AvgIpc) is 3.01. The second-order valence-corrected chi connectivity index (χ2v) is 8.24. The zero-order chi connectivity index (χ0) is 17.3. The molecule has 1 aliphatic heterocycles. The minimum Gasteiger partial charge on any atom is -0.382 e. The van der Waals surface area contributed by atoms with Crippen LogP contribution in [0.2, 0.25) is 0 Å². The maximum atomic E-state index is 11.9. The summed E-state index contributed by atoms with van der Waals surface area (Å²) in [7, 11) is -1.79. The second-order valence-electron chi connectivity index (χ2n) is 5.37. The van der Waals surface area contributed by atoms with Crippen LogP contribution in [0.5, 0.6) is 0 Å². The molecule has 1 fully saturated rings. The molecule has 0 saturated carbocycles. The van der Waals surface area contributed by atoms with Gasteiger partial charge in [0, 0.05) is 32.1 Å². The zero-order valence-corrected chi connectivity index (χ0v) is 15.5. The summed E-state index contributed by atoms with van der Waals surface area (Å²) in [5.74, 6) is -0.0667. The van der Waals surface area contributed by atoms with E-state index in [4.69, 9.17) is 14.2 Å². The van der Waals surface area contributed by atoms with Crippen molar-refractivity contribution in [3.05, 3.63) is 16.1 Å². The van der Waals surface area contributed by atoms with Crippen LogP contribution in [0.25, 0.3) is 0 Å². The molecule has 0 amide bonds. The summed E-state index contributed by atoms with van der Waals surface area (Å²) in [5.41, 5.74) is 0.971. The molecular formula is C14H25N3O5S2. The van der Waals surface area contributed by atoms with Crippen LogP contribution in [0.3, 0.4) is 0 Å². The number of sulfonamides is 1.